The van der Waals surface area contributed by atoms with Crippen LogP contribution < -0.4 is 24.0 Å². The quantitative estimate of drug-likeness (QED) is 0.460. The lowest BCUT2D eigenvalue weighted by Gasteiger charge is -2.41. The lowest BCUT2D eigenvalue weighted by Crippen LogP contribution is -3.00. The van der Waals surface area contributed by atoms with E-state index in [0.29, 0.717) is 10.3 Å². The molecule has 0 amide bonds. The van der Waals surface area contributed by atoms with Crippen LogP contribution in [-0.2, 0) is 0 Å². The third-order valence-electron chi connectivity index (χ3n) is 3.35. The van der Waals surface area contributed by atoms with Crippen LogP contribution in [0.1, 0.15) is 41.5 Å². The van der Waals surface area contributed by atoms with Crippen molar-refractivity contribution in [3.8, 4) is 0 Å². The van der Waals surface area contributed by atoms with Crippen molar-refractivity contribution >= 4 is 7.26 Å². The van der Waals surface area contributed by atoms with E-state index in [1.807, 2.05) is 0 Å². The van der Waals surface area contributed by atoms with E-state index in [2.05, 4.69) is 54.9 Å². The molecule has 0 fully saturated rings. The highest BCUT2D eigenvalue weighted by atomic mass is 127. The molecule has 0 aliphatic heterocycles. The Morgan fingerprint density at radius 1 is 0.667 bits per heavy atom. The second-order valence-electron chi connectivity index (χ2n) is 5.80. The zero-order valence-electron chi connectivity index (χ0n) is 9.83. The van der Waals surface area contributed by atoms with Crippen LogP contribution in [0.25, 0.3) is 0 Å². The molecule has 0 aliphatic rings. The van der Waals surface area contributed by atoms with Crippen molar-refractivity contribution in [1.29, 1.82) is 0 Å². The van der Waals surface area contributed by atoms with E-state index >= 15 is 0 Å². The molecule has 12 heavy (non-hydrogen) atoms. The topological polar surface area (TPSA) is 0 Å². The molecule has 0 saturated heterocycles. The first-order valence-electron chi connectivity index (χ1n) is 4.34. The summed E-state index contributed by atoms with van der Waals surface area (Å²) in [5, 5.41) is 0.983. The standard InChI is InChI=1S/C10H24P.HI/c1-9(2,3)11(7,8)10(4,5)6;/h1-8H3;1H/q+1;/p-1. The maximum Gasteiger partial charge on any atom is 0.0715 e. The third kappa shape index (κ3) is 3.14. The van der Waals surface area contributed by atoms with E-state index in [9.17, 15) is 0 Å². The molecular weight excluding hydrogens is 278 g/mol. The fourth-order valence-electron chi connectivity index (χ4n) is 1.01. The average molecular weight is 302 g/mol. The van der Waals surface area contributed by atoms with Gasteiger partial charge < -0.3 is 24.0 Å². The minimum Gasteiger partial charge on any atom is -1.00 e. The van der Waals surface area contributed by atoms with Crippen molar-refractivity contribution in [2.75, 3.05) is 13.3 Å². The Morgan fingerprint density at radius 2 is 0.833 bits per heavy atom. The molecule has 0 aromatic heterocycles. The Bertz CT molecular complexity index is 121. The number of hydrogen-bond acceptors (Lipinski definition) is 0. The van der Waals surface area contributed by atoms with Crippen LogP contribution in [0.3, 0.4) is 0 Å². The average Bonchev–Trinajstić information content (AvgIpc) is 1.58. The number of hydrogen-bond donors (Lipinski definition) is 0. The highest BCUT2D eigenvalue weighted by molar-refractivity contribution is 7.77. The molecule has 2 heteroatoms. The second-order valence-corrected chi connectivity index (χ2v) is 11.4. The Balaban J connectivity index is 0. The summed E-state index contributed by atoms with van der Waals surface area (Å²) in [6, 6.07) is 0. The summed E-state index contributed by atoms with van der Waals surface area (Å²) in [6.07, 6.45) is 0. The van der Waals surface area contributed by atoms with Crippen LogP contribution >= 0.6 is 7.26 Å². The SMILES string of the molecule is CC(C)(C)[P+](C)(C)C(C)(C)C.[I-]. The van der Waals surface area contributed by atoms with Gasteiger partial charge in [-0.1, -0.05) is 0 Å². The van der Waals surface area contributed by atoms with Gasteiger partial charge in [-0.2, -0.15) is 0 Å². The molecule has 0 heterocycles. The van der Waals surface area contributed by atoms with Gasteiger partial charge in [-0.25, -0.2) is 0 Å². The summed E-state index contributed by atoms with van der Waals surface area (Å²) in [5.41, 5.74) is 0. The molecule has 0 nitrogen and oxygen atoms in total. The monoisotopic (exact) mass is 302 g/mol. The zero-order chi connectivity index (χ0) is 9.50. The predicted octanol–water partition coefficient (Wildman–Crippen LogP) is 0.865. The summed E-state index contributed by atoms with van der Waals surface area (Å²) in [7, 11) is -0.810. The molecule has 0 aliphatic carbocycles. The fourth-order valence-corrected chi connectivity index (χ4v) is 3.02. The van der Waals surface area contributed by atoms with Gasteiger partial charge in [0.1, 0.15) is 0 Å². The minimum absolute atomic E-state index is 0. The highest BCUT2D eigenvalue weighted by Crippen LogP contribution is 2.71. The van der Waals surface area contributed by atoms with Crippen molar-refractivity contribution in [2.24, 2.45) is 0 Å². The van der Waals surface area contributed by atoms with E-state index in [0.717, 1.165) is 0 Å². The molecule has 0 aromatic carbocycles. The summed E-state index contributed by atoms with van der Waals surface area (Å²) >= 11 is 0. The van der Waals surface area contributed by atoms with Crippen molar-refractivity contribution < 1.29 is 24.0 Å². The van der Waals surface area contributed by atoms with Gasteiger partial charge in [0, 0.05) is 20.6 Å². The Morgan fingerprint density at radius 3 is 0.833 bits per heavy atom. The first-order chi connectivity index (χ1) is 4.50. The predicted molar refractivity (Wildman–Crippen MR) is 58.3 cm³/mol. The van der Waals surface area contributed by atoms with Gasteiger partial charge in [0.2, 0.25) is 0 Å². The van der Waals surface area contributed by atoms with Gasteiger partial charge in [0.15, 0.2) is 0 Å². The molecule has 0 saturated carbocycles. The molecule has 0 atom stereocenters. The summed E-state index contributed by atoms with van der Waals surface area (Å²) in [4.78, 5) is 0. The van der Waals surface area contributed by atoms with E-state index < -0.39 is 7.26 Å². The van der Waals surface area contributed by atoms with E-state index in [-0.39, 0.29) is 24.0 Å². The van der Waals surface area contributed by atoms with Crippen molar-refractivity contribution in [3.05, 3.63) is 0 Å². The molecule has 76 valence electrons. The molecule has 0 N–H and O–H groups in total. The Kier molecular flexibility index (Phi) is 5.37. The smallest absolute Gasteiger partial charge is 0.0715 e. The molecule has 0 rings (SSSR count). The summed E-state index contributed by atoms with van der Waals surface area (Å²) in [5.74, 6) is 0. The Labute approximate surface area is 96.3 Å². The maximum absolute atomic E-state index is 2.47. The van der Waals surface area contributed by atoms with Gasteiger partial charge in [0.25, 0.3) is 0 Å². The van der Waals surface area contributed by atoms with Crippen LogP contribution in [0.5, 0.6) is 0 Å². The van der Waals surface area contributed by atoms with Crippen LogP contribution in [0.15, 0.2) is 0 Å². The van der Waals surface area contributed by atoms with Gasteiger partial charge in [-0.15, -0.1) is 0 Å². The molecule has 0 bridgehead atoms. The lowest BCUT2D eigenvalue weighted by atomic mass is 10.2. The maximum atomic E-state index is 2.47. The van der Waals surface area contributed by atoms with Gasteiger partial charge in [0.05, 0.1) is 10.3 Å². The van der Waals surface area contributed by atoms with Crippen molar-refractivity contribution in [1.82, 2.24) is 0 Å². The van der Waals surface area contributed by atoms with E-state index in [4.69, 9.17) is 0 Å². The molecule has 0 unspecified atom stereocenters. The van der Waals surface area contributed by atoms with E-state index in [1.54, 1.807) is 0 Å². The zero-order valence-corrected chi connectivity index (χ0v) is 12.9. The minimum atomic E-state index is -0.810. The van der Waals surface area contributed by atoms with Crippen molar-refractivity contribution in [2.45, 2.75) is 51.9 Å². The lowest BCUT2D eigenvalue weighted by molar-refractivity contribution is -0.00000322. The van der Waals surface area contributed by atoms with Crippen LogP contribution in [0, 0.1) is 0 Å². The largest absolute Gasteiger partial charge is 1.00 e. The number of rotatable bonds is 0. The highest BCUT2D eigenvalue weighted by Gasteiger charge is 2.49. The van der Waals surface area contributed by atoms with Crippen LogP contribution in [0.2, 0.25) is 0 Å². The first-order valence-corrected chi connectivity index (χ1v) is 7.02. The van der Waals surface area contributed by atoms with Gasteiger partial charge >= 0.3 is 0 Å². The third-order valence-corrected chi connectivity index (χ3v) is 10.1. The molecule has 0 aromatic rings. The Hall–Kier alpha value is 1.16. The molecule has 0 radical (unpaired) electrons. The first kappa shape index (κ1) is 15.6. The molecular formula is C10H24IP. The van der Waals surface area contributed by atoms with Crippen LogP contribution in [-0.4, -0.2) is 23.6 Å². The fraction of sp³-hybridized carbons (Fsp3) is 1.00. The van der Waals surface area contributed by atoms with Gasteiger partial charge in [-0.05, 0) is 41.5 Å². The van der Waals surface area contributed by atoms with Crippen LogP contribution in [0.4, 0.5) is 0 Å². The second kappa shape index (κ2) is 4.13. The summed E-state index contributed by atoms with van der Waals surface area (Å²) < 4.78 is 0. The van der Waals surface area contributed by atoms with E-state index in [1.165, 1.54) is 0 Å². The van der Waals surface area contributed by atoms with Crippen molar-refractivity contribution in [3.63, 3.8) is 0 Å². The molecule has 0 spiro atoms. The van der Waals surface area contributed by atoms with Gasteiger partial charge in [-0.3, -0.25) is 0 Å². The summed E-state index contributed by atoms with van der Waals surface area (Å²) in [6.45, 7) is 19.1. The normalized spacial score (nSPS) is 14.0. The number of halogens is 1.